The maximum atomic E-state index is 10.8. The van der Waals surface area contributed by atoms with Crippen LogP contribution in [-0.2, 0) is 9.63 Å². The summed E-state index contributed by atoms with van der Waals surface area (Å²) in [5, 5.41) is 8.41. The number of aliphatic hydroxyl groups is 1. The molecule has 0 spiro atoms. The zero-order valence-electron chi connectivity index (χ0n) is 7.67. The predicted octanol–water partition coefficient (Wildman–Crippen LogP) is 0.463. The first kappa shape index (κ1) is 11.4. The lowest BCUT2D eigenvalue weighted by Crippen LogP contribution is -2.25. The van der Waals surface area contributed by atoms with E-state index in [4.69, 9.17) is 9.94 Å². The summed E-state index contributed by atoms with van der Waals surface area (Å²) in [4.78, 5) is 15.7. The van der Waals surface area contributed by atoms with Crippen LogP contribution in [0.25, 0.3) is 0 Å². The lowest BCUT2D eigenvalue weighted by Gasteiger charge is -2.06. The Morgan fingerprint density at radius 1 is 1.58 bits per heavy atom. The fourth-order valence-electron chi connectivity index (χ4n) is 0.579. The fourth-order valence-corrected chi connectivity index (χ4v) is 0.579. The second-order valence-corrected chi connectivity index (χ2v) is 3.06. The van der Waals surface area contributed by atoms with Gasteiger partial charge in [0.2, 0.25) is 5.91 Å². The first-order chi connectivity index (χ1) is 5.66. The molecule has 2 N–H and O–H groups in total. The summed E-state index contributed by atoms with van der Waals surface area (Å²) < 4.78 is 0. The normalized spacial score (nSPS) is 10.3. The number of aliphatic hydroxyl groups excluding tert-OH is 1. The number of carbonyl (C=O) groups excluding carboxylic acids is 1. The van der Waals surface area contributed by atoms with E-state index in [1.165, 1.54) is 0 Å². The Morgan fingerprint density at radius 2 is 2.25 bits per heavy atom. The number of hydrogen-bond acceptors (Lipinski definition) is 3. The molecule has 1 amide bonds. The van der Waals surface area contributed by atoms with Crippen molar-refractivity contribution in [1.82, 2.24) is 5.48 Å². The molecule has 0 radical (unpaired) electrons. The second-order valence-electron chi connectivity index (χ2n) is 3.06. The van der Waals surface area contributed by atoms with Crippen LogP contribution in [0.15, 0.2) is 0 Å². The van der Waals surface area contributed by atoms with E-state index in [0.717, 1.165) is 0 Å². The van der Waals surface area contributed by atoms with Crippen molar-refractivity contribution < 1.29 is 14.7 Å². The molecule has 0 aliphatic heterocycles. The SMILES string of the molecule is CC(C)CONC(=O)CCCO. The van der Waals surface area contributed by atoms with Gasteiger partial charge in [-0.15, -0.1) is 0 Å². The molecule has 0 fully saturated rings. The molecule has 0 heterocycles. The Kier molecular flexibility index (Phi) is 6.70. The summed E-state index contributed by atoms with van der Waals surface area (Å²) in [6.45, 7) is 4.56. The molecule has 4 nitrogen and oxygen atoms in total. The zero-order chi connectivity index (χ0) is 9.40. The molecule has 0 bridgehead atoms. The highest BCUT2D eigenvalue weighted by Gasteiger charge is 2.00. The molecule has 0 aromatic carbocycles. The number of rotatable bonds is 6. The molecule has 0 atom stereocenters. The molecule has 0 aromatic heterocycles. The van der Waals surface area contributed by atoms with Crippen LogP contribution < -0.4 is 5.48 Å². The molecule has 4 heteroatoms. The maximum absolute atomic E-state index is 10.8. The number of hydroxylamine groups is 1. The van der Waals surface area contributed by atoms with Gasteiger partial charge in [0.1, 0.15) is 0 Å². The van der Waals surface area contributed by atoms with Crippen molar-refractivity contribution in [3.63, 3.8) is 0 Å². The van der Waals surface area contributed by atoms with Crippen molar-refractivity contribution in [2.75, 3.05) is 13.2 Å². The summed E-state index contributed by atoms with van der Waals surface area (Å²) >= 11 is 0. The lowest BCUT2D eigenvalue weighted by atomic mass is 10.2. The van der Waals surface area contributed by atoms with Gasteiger partial charge >= 0.3 is 0 Å². The summed E-state index contributed by atoms with van der Waals surface area (Å²) in [7, 11) is 0. The van der Waals surface area contributed by atoms with E-state index in [9.17, 15) is 4.79 Å². The van der Waals surface area contributed by atoms with Crippen LogP contribution in [0, 0.1) is 5.92 Å². The van der Waals surface area contributed by atoms with Gasteiger partial charge in [0.05, 0.1) is 6.61 Å². The van der Waals surface area contributed by atoms with Crippen molar-refractivity contribution in [3.05, 3.63) is 0 Å². The van der Waals surface area contributed by atoms with Crippen LogP contribution in [0.5, 0.6) is 0 Å². The van der Waals surface area contributed by atoms with Crippen LogP contribution in [0.4, 0.5) is 0 Å². The third-order valence-corrected chi connectivity index (χ3v) is 1.16. The smallest absolute Gasteiger partial charge is 0.243 e. The van der Waals surface area contributed by atoms with Crippen LogP contribution >= 0.6 is 0 Å². The van der Waals surface area contributed by atoms with E-state index < -0.39 is 0 Å². The minimum Gasteiger partial charge on any atom is -0.396 e. The van der Waals surface area contributed by atoms with Crippen LogP contribution in [0.2, 0.25) is 0 Å². The van der Waals surface area contributed by atoms with E-state index in [1.54, 1.807) is 0 Å². The summed E-state index contributed by atoms with van der Waals surface area (Å²) in [5.41, 5.74) is 2.30. The summed E-state index contributed by atoms with van der Waals surface area (Å²) in [5.74, 6) is 0.229. The van der Waals surface area contributed by atoms with Crippen molar-refractivity contribution in [2.45, 2.75) is 26.7 Å². The van der Waals surface area contributed by atoms with Gasteiger partial charge in [0, 0.05) is 13.0 Å². The average Bonchev–Trinajstić information content (AvgIpc) is 2.00. The molecule has 0 aliphatic rings. The van der Waals surface area contributed by atoms with Crippen molar-refractivity contribution in [2.24, 2.45) is 5.92 Å². The minimum atomic E-state index is -0.176. The van der Waals surface area contributed by atoms with Gasteiger partial charge < -0.3 is 5.11 Å². The quantitative estimate of drug-likeness (QED) is 0.577. The first-order valence-corrected chi connectivity index (χ1v) is 4.18. The number of nitrogens with one attached hydrogen (secondary N) is 1. The lowest BCUT2D eigenvalue weighted by molar-refractivity contribution is -0.134. The predicted molar refractivity (Wildman–Crippen MR) is 45.3 cm³/mol. The minimum absolute atomic E-state index is 0.0393. The Hall–Kier alpha value is -0.610. The highest BCUT2D eigenvalue weighted by Crippen LogP contribution is 1.91. The van der Waals surface area contributed by atoms with Gasteiger partial charge in [-0.25, -0.2) is 5.48 Å². The van der Waals surface area contributed by atoms with Crippen LogP contribution in [0.1, 0.15) is 26.7 Å². The van der Waals surface area contributed by atoms with Crippen molar-refractivity contribution >= 4 is 5.91 Å². The fraction of sp³-hybridized carbons (Fsp3) is 0.875. The molecule has 0 unspecified atom stereocenters. The molecule has 0 aromatic rings. The average molecular weight is 175 g/mol. The van der Waals surface area contributed by atoms with Gasteiger partial charge in [0.25, 0.3) is 0 Å². The summed E-state index contributed by atoms with van der Waals surface area (Å²) in [6, 6.07) is 0. The van der Waals surface area contributed by atoms with E-state index in [-0.39, 0.29) is 12.5 Å². The Morgan fingerprint density at radius 3 is 2.75 bits per heavy atom. The number of carbonyl (C=O) groups is 1. The maximum Gasteiger partial charge on any atom is 0.243 e. The van der Waals surface area contributed by atoms with Gasteiger partial charge in [-0.3, -0.25) is 9.63 Å². The van der Waals surface area contributed by atoms with Crippen molar-refractivity contribution in [1.29, 1.82) is 0 Å². The number of hydrogen-bond donors (Lipinski definition) is 2. The molecule has 72 valence electrons. The second kappa shape index (κ2) is 7.06. The Bertz CT molecular complexity index is 125. The van der Waals surface area contributed by atoms with Crippen molar-refractivity contribution in [3.8, 4) is 0 Å². The highest BCUT2D eigenvalue weighted by atomic mass is 16.6. The Balaban J connectivity index is 3.20. The monoisotopic (exact) mass is 175 g/mol. The molecule has 0 rings (SSSR count). The molecule has 12 heavy (non-hydrogen) atoms. The molecule has 0 aliphatic carbocycles. The van der Waals surface area contributed by atoms with E-state index in [2.05, 4.69) is 5.48 Å². The largest absolute Gasteiger partial charge is 0.396 e. The van der Waals surface area contributed by atoms with Crippen LogP contribution in [0.3, 0.4) is 0 Å². The number of amides is 1. The van der Waals surface area contributed by atoms with Gasteiger partial charge in [-0.05, 0) is 12.3 Å². The molecular weight excluding hydrogens is 158 g/mol. The molecule has 0 saturated carbocycles. The Labute approximate surface area is 72.9 Å². The van der Waals surface area contributed by atoms with Gasteiger partial charge in [-0.1, -0.05) is 13.8 Å². The van der Waals surface area contributed by atoms with E-state index in [0.29, 0.717) is 25.4 Å². The topological polar surface area (TPSA) is 58.6 Å². The van der Waals surface area contributed by atoms with E-state index in [1.807, 2.05) is 13.8 Å². The third kappa shape index (κ3) is 7.50. The first-order valence-electron chi connectivity index (χ1n) is 4.18. The highest BCUT2D eigenvalue weighted by molar-refractivity contribution is 5.74. The standard InChI is InChI=1S/C8H17NO3/c1-7(2)6-12-9-8(11)4-3-5-10/h7,10H,3-6H2,1-2H3,(H,9,11). The van der Waals surface area contributed by atoms with Gasteiger partial charge in [-0.2, -0.15) is 0 Å². The third-order valence-electron chi connectivity index (χ3n) is 1.16. The zero-order valence-corrected chi connectivity index (χ0v) is 7.67. The summed E-state index contributed by atoms with van der Waals surface area (Å²) in [6.07, 6.45) is 0.797. The van der Waals surface area contributed by atoms with Gasteiger partial charge in [0.15, 0.2) is 0 Å². The van der Waals surface area contributed by atoms with E-state index >= 15 is 0 Å². The van der Waals surface area contributed by atoms with Crippen LogP contribution in [-0.4, -0.2) is 24.2 Å². The molecule has 0 saturated heterocycles. The molecular formula is C8H17NO3.